The van der Waals surface area contributed by atoms with Gasteiger partial charge in [0.15, 0.2) is 12.4 Å². The fraction of sp³-hybridized carbons (Fsp3) is 0.885. The van der Waals surface area contributed by atoms with Gasteiger partial charge in [-0.2, -0.15) is 0 Å². The average molecular weight is 461 g/mol. The summed E-state index contributed by atoms with van der Waals surface area (Å²) in [5.41, 5.74) is 0. The smallest absolute Gasteiger partial charge is 0.224 e. The summed E-state index contributed by atoms with van der Waals surface area (Å²) in [6.07, 6.45) is 22.8. The molecule has 2 unspecified atom stereocenters. The standard InChI is InChI=1S/C26H52N2O2.ClH/c1-6-9-10-11-12-13-14-15-16-17-18-19-20-21-22-23-25(29)27-24(7-2)28(4,5)26(30)8-3;/h15-16,24,26,30H,6-14,17-23H2,1-5H3;1H/b16-15-;. The third-order valence-corrected chi connectivity index (χ3v) is 6.32. The molecule has 0 heterocycles. The van der Waals surface area contributed by atoms with E-state index in [-0.39, 0.29) is 24.5 Å². The average Bonchev–Trinajstić information content (AvgIpc) is 2.73. The molecule has 5 heteroatoms. The van der Waals surface area contributed by atoms with Crippen molar-refractivity contribution in [2.45, 2.75) is 136 Å². The van der Waals surface area contributed by atoms with E-state index in [0.717, 1.165) is 19.3 Å². The van der Waals surface area contributed by atoms with Crippen molar-refractivity contribution in [3.8, 4) is 0 Å². The molecule has 0 aliphatic rings. The second-order valence-corrected chi connectivity index (χ2v) is 9.34. The Hall–Kier alpha value is -0.580. The number of carbonyl (C=O) groups is 1. The van der Waals surface area contributed by atoms with Gasteiger partial charge in [0, 0.05) is 19.3 Å². The molecular formula is C26H53ClN2O2. The molecule has 0 fully saturated rings. The van der Waals surface area contributed by atoms with Crippen LogP contribution < -0.4 is 17.7 Å². The Labute approximate surface area is 200 Å². The van der Waals surface area contributed by atoms with Gasteiger partial charge in [0.2, 0.25) is 5.91 Å². The quantitative estimate of drug-likeness (QED) is 0.126. The maximum Gasteiger partial charge on any atom is 0.224 e. The number of unbranched alkanes of at least 4 members (excludes halogenated alkanes) is 11. The highest BCUT2D eigenvalue weighted by Crippen LogP contribution is 2.15. The second-order valence-electron chi connectivity index (χ2n) is 9.34. The number of allylic oxidation sites excluding steroid dienone is 2. The normalized spacial score (nSPS) is 13.7. The monoisotopic (exact) mass is 460 g/mol. The first-order valence-corrected chi connectivity index (χ1v) is 12.9. The van der Waals surface area contributed by atoms with Gasteiger partial charge in [0.1, 0.15) is 0 Å². The topological polar surface area (TPSA) is 49.3 Å². The molecule has 0 aliphatic heterocycles. The molecular weight excluding hydrogens is 408 g/mol. The van der Waals surface area contributed by atoms with Crippen LogP contribution in [0.2, 0.25) is 0 Å². The van der Waals surface area contributed by atoms with Crippen LogP contribution in [0.5, 0.6) is 0 Å². The van der Waals surface area contributed by atoms with E-state index in [2.05, 4.69) is 31.3 Å². The molecule has 0 radical (unpaired) electrons. The molecule has 31 heavy (non-hydrogen) atoms. The van der Waals surface area contributed by atoms with Crippen LogP contribution in [0.3, 0.4) is 0 Å². The van der Waals surface area contributed by atoms with Crippen LogP contribution in [0.1, 0.15) is 124 Å². The van der Waals surface area contributed by atoms with Crippen molar-refractivity contribution in [3.05, 3.63) is 12.2 Å². The summed E-state index contributed by atoms with van der Waals surface area (Å²) >= 11 is 0. The maximum atomic E-state index is 12.3. The Bertz CT molecular complexity index is 441. The van der Waals surface area contributed by atoms with Gasteiger partial charge in [0.05, 0.1) is 14.1 Å². The number of nitrogens with one attached hydrogen (secondary N) is 1. The molecule has 2 N–H and O–H groups in total. The van der Waals surface area contributed by atoms with Crippen LogP contribution in [0, 0.1) is 0 Å². The lowest BCUT2D eigenvalue weighted by Crippen LogP contribution is -3.00. The third-order valence-electron chi connectivity index (χ3n) is 6.32. The van der Waals surface area contributed by atoms with Crippen molar-refractivity contribution < 1.29 is 26.8 Å². The van der Waals surface area contributed by atoms with Gasteiger partial charge < -0.3 is 22.8 Å². The highest BCUT2D eigenvalue weighted by Gasteiger charge is 2.33. The number of nitrogens with zero attached hydrogens (tertiary/aromatic N) is 1. The Balaban J connectivity index is 0. The number of aliphatic hydroxyl groups excluding tert-OH is 1. The number of hydrogen-bond donors (Lipinski definition) is 2. The van der Waals surface area contributed by atoms with Crippen LogP contribution in [0.15, 0.2) is 12.2 Å². The van der Waals surface area contributed by atoms with Gasteiger partial charge >= 0.3 is 0 Å². The molecule has 0 rings (SSSR count). The lowest BCUT2D eigenvalue weighted by atomic mass is 10.1. The molecule has 1 amide bonds. The minimum Gasteiger partial charge on any atom is -1.00 e. The van der Waals surface area contributed by atoms with E-state index in [4.69, 9.17) is 0 Å². The van der Waals surface area contributed by atoms with Crippen molar-refractivity contribution in [3.63, 3.8) is 0 Å². The lowest BCUT2D eigenvalue weighted by Gasteiger charge is -2.41. The van der Waals surface area contributed by atoms with Crippen molar-refractivity contribution in [2.75, 3.05) is 14.1 Å². The van der Waals surface area contributed by atoms with Gasteiger partial charge in [-0.1, -0.05) is 84.3 Å². The molecule has 2 atom stereocenters. The molecule has 0 aromatic carbocycles. The molecule has 0 aliphatic carbocycles. The zero-order chi connectivity index (χ0) is 22.7. The molecule has 0 saturated carbocycles. The van der Waals surface area contributed by atoms with Crippen LogP contribution in [0.25, 0.3) is 0 Å². The summed E-state index contributed by atoms with van der Waals surface area (Å²) in [6.45, 7) is 6.31. The first-order valence-electron chi connectivity index (χ1n) is 12.9. The number of carbonyl (C=O) groups excluding carboxylic acids is 1. The van der Waals surface area contributed by atoms with E-state index in [1.54, 1.807) is 0 Å². The Morgan fingerprint density at radius 2 is 1.29 bits per heavy atom. The Kier molecular flexibility index (Phi) is 22.4. The number of halogens is 1. The van der Waals surface area contributed by atoms with Crippen LogP contribution >= 0.6 is 0 Å². The molecule has 4 nitrogen and oxygen atoms in total. The Morgan fingerprint density at radius 3 is 1.77 bits per heavy atom. The molecule has 0 saturated heterocycles. The lowest BCUT2D eigenvalue weighted by molar-refractivity contribution is -0.961. The van der Waals surface area contributed by atoms with Gasteiger partial charge in [0.25, 0.3) is 0 Å². The summed E-state index contributed by atoms with van der Waals surface area (Å²) < 4.78 is 0.422. The predicted molar refractivity (Wildman–Crippen MR) is 130 cm³/mol. The fourth-order valence-electron chi connectivity index (χ4n) is 4.03. The van der Waals surface area contributed by atoms with Gasteiger partial charge in [-0.25, -0.2) is 0 Å². The van der Waals surface area contributed by atoms with Crippen LogP contribution in [-0.4, -0.2) is 42.0 Å². The molecule has 186 valence electrons. The van der Waals surface area contributed by atoms with Crippen molar-refractivity contribution in [2.24, 2.45) is 0 Å². The number of amides is 1. The van der Waals surface area contributed by atoms with E-state index < -0.39 is 6.23 Å². The van der Waals surface area contributed by atoms with Crippen molar-refractivity contribution in [1.29, 1.82) is 0 Å². The number of aliphatic hydroxyl groups is 1. The Morgan fingerprint density at radius 1 is 0.806 bits per heavy atom. The van der Waals surface area contributed by atoms with Crippen molar-refractivity contribution in [1.82, 2.24) is 5.32 Å². The highest BCUT2D eigenvalue weighted by atomic mass is 35.5. The molecule has 0 aromatic rings. The number of hydrogen-bond acceptors (Lipinski definition) is 2. The molecule has 0 aromatic heterocycles. The number of quaternary nitrogens is 1. The zero-order valence-electron chi connectivity index (χ0n) is 21.3. The van der Waals surface area contributed by atoms with Crippen molar-refractivity contribution >= 4 is 5.91 Å². The first kappa shape index (κ1) is 32.6. The van der Waals surface area contributed by atoms with Crippen LogP contribution in [-0.2, 0) is 4.79 Å². The van der Waals surface area contributed by atoms with Gasteiger partial charge in [-0.3, -0.25) is 9.28 Å². The summed E-state index contributed by atoms with van der Waals surface area (Å²) in [4.78, 5) is 12.3. The summed E-state index contributed by atoms with van der Waals surface area (Å²) in [6, 6.07) is 0. The zero-order valence-corrected chi connectivity index (χ0v) is 22.1. The van der Waals surface area contributed by atoms with Crippen LogP contribution in [0.4, 0.5) is 0 Å². The second kappa shape index (κ2) is 21.3. The van der Waals surface area contributed by atoms with E-state index in [9.17, 15) is 9.90 Å². The van der Waals surface area contributed by atoms with Gasteiger partial charge in [-0.15, -0.1) is 0 Å². The first-order chi connectivity index (χ1) is 14.4. The summed E-state index contributed by atoms with van der Waals surface area (Å²) in [5, 5.41) is 13.4. The minimum absolute atomic E-state index is 0. The van der Waals surface area contributed by atoms with E-state index in [1.807, 2.05) is 21.0 Å². The molecule has 0 spiro atoms. The summed E-state index contributed by atoms with van der Waals surface area (Å²) in [5.74, 6) is 0.119. The van der Waals surface area contributed by atoms with Gasteiger partial charge in [-0.05, 0) is 32.1 Å². The third kappa shape index (κ3) is 16.7. The number of rotatable bonds is 20. The van der Waals surface area contributed by atoms with E-state index in [0.29, 0.717) is 17.3 Å². The largest absolute Gasteiger partial charge is 1.00 e. The molecule has 0 bridgehead atoms. The fourth-order valence-corrected chi connectivity index (χ4v) is 4.03. The summed E-state index contributed by atoms with van der Waals surface area (Å²) in [7, 11) is 3.98. The maximum absolute atomic E-state index is 12.3. The predicted octanol–water partition coefficient (Wildman–Crippen LogP) is 3.69. The highest BCUT2D eigenvalue weighted by molar-refractivity contribution is 5.75. The minimum atomic E-state index is -0.449. The van der Waals surface area contributed by atoms with E-state index in [1.165, 1.54) is 70.6 Å². The van der Waals surface area contributed by atoms with E-state index >= 15 is 0 Å². The SMILES string of the molecule is CCCCCCCC/C=C\CCCCCCCC(=O)NC(CC)[N+](C)(C)C(O)CC.[Cl-].